The Kier molecular flexibility index (Phi) is 8.74. The van der Waals surface area contributed by atoms with E-state index in [0.717, 1.165) is 17.7 Å². The molecule has 0 aliphatic rings. The summed E-state index contributed by atoms with van der Waals surface area (Å²) in [5.41, 5.74) is 0.786. The molecule has 2 aromatic rings. The fourth-order valence-corrected chi connectivity index (χ4v) is 3.76. The molecule has 0 saturated heterocycles. The van der Waals surface area contributed by atoms with Crippen LogP contribution in [-0.4, -0.2) is 39.9 Å². The monoisotopic (exact) mass is 456 g/mol. The molecule has 0 fully saturated rings. The predicted octanol–water partition coefficient (Wildman–Crippen LogP) is 2.66. The van der Waals surface area contributed by atoms with Crippen molar-refractivity contribution >= 4 is 25.3 Å². The van der Waals surface area contributed by atoms with Crippen molar-refractivity contribution in [2.45, 2.75) is 25.3 Å². The van der Waals surface area contributed by atoms with Gasteiger partial charge < -0.3 is 23.9 Å². The molecule has 0 spiro atoms. The van der Waals surface area contributed by atoms with Crippen LogP contribution in [-0.2, 0) is 25.4 Å². The second kappa shape index (κ2) is 11.3. The number of hydrogen-bond donors (Lipinski definition) is 3. The maximum atomic E-state index is 12.2. The lowest BCUT2D eigenvalue weighted by molar-refractivity contribution is -0.402. The second-order valence-corrected chi connectivity index (χ2v) is 8.74. The molecule has 168 valence electrons. The Balaban J connectivity index is 1.65. The summed E-state index contributed by atoms with van der Waals surface area (Å²) in [5.74, 6) is -3.80. The van der Waals surface area contributed by atoms with Gasteiger partial charge in [-0.3, -0.25) is 24.8 Å². The van der Waals surface area contributed by atoms with Gasteiger partial charge in [0.1, 0.15) is 17.3 Å². The topological polar surface area (TPSA) is 178 Å². The van der Waals surface area contributed by atoms with Crippen LogP contribution in [0.4, 0.5) is 10.7 Å². The molecule has 1 aromatic heterocycles. The Morgan fingerprint density at radius 1 is 1.19 bits per heavy atom. The van der Waals surface area contributed by atoms with E-state index >= 15 is 0 Å². The third-order valence-electron chi connectivity index (χ3n) is 3.95. The second-order valence-electron chi connectivity index (χ2n) is 6.29. The van der Waals surface area contributed by atoms with Gasteiger partial charge in [-0.05, 0) is 18.1 Å². The molecule has 13 heteroatoms. The smallest absolute Gasteiger partial charge is 0.433 e. The number of nitro groups is 1. The highest BCUT2D eigenvalue weighted by atomic mass is 31.2. The molecule has 1 heterocycles. The fourth-order valence-electron chi connectivity index (χ4n) is 2.37. The van der Waals surface area contributed by atoms with E-state index in [9.17, 15) is 34.3 Å². The molecule has 2 atom stereocenters. The zero-order valence-electron chi connectivity index (χ0n) is 16.2. The minimum Gasteiger partial charge on any atom is -0.445 e. The van der Waals surface area contributed by atoms with E-state index in [4.69, 9.17) is 13.9 Å². The molecule has 12 nitrogen and oxygen atoms in total. The molecule has 3 N–H and O–H groups in total. The van der Waals surface area contributed by atoms with Crippen LogP contribution in [0.3, 0.4) is 0 Å². The molecule has 31 heavy (non-hydrogen) atoms. The van der Waals surface area contributed by atoms with E-state index in [-0.39, 0.29) is 19.4 Å². The SMILES string of the molecule is O=C(CCCP(=O)(O)[C@H](O)c1ccc([N+](=O)[O-])o1)OCNC(=O)OCc1ccccc1. The number of ether oxygens (including phenoxy) is 2. The summed E-state index contributed by atoms with van der Waals surface area (Å²) >= 11 is 0. The number of nitrogens with zero attached hydrogens (tertiary/aromatic N) is 1. The van der Waals surface area contributed by atoms with Crippen LogP contribution in [0.1, 0.15) is 30.0 Å². The first-order valence-corrected chi connectivity index (χ1v) is 10.9. The summed E-state index contributed by atoms with van der Waals surface area (Å²) < 4.78 is 26.6. The van der Waals surface area contributed by atoms with Crippen molar-refractivity contribution in [1.82, 2.24) is 5.32 Å². The number of esters is 1. The molecule has 0 radical (unpaired) electrons. The first kappa shape index (κ1) is 24.1. The number of benzene rings is 1. The Bertz CT molecular complexity index is 946. The lowest BCUT2D eigenvalue weighted by Crippen LogP contribution is -2.28. The number of hydrogen-bond acceptors (Lipinski definition) is 9. The zero-order valence-corrected chi connectivity index (χ0v) is 17.1. The van der Waals surface area contributed by atoms with Crippen LogP contribution in [0.2, 0.25) is 0 Å². The van der Waals surface area contributed by atoms with Crippen LogP contribution < -0.4 is 5.32 Å². The van der Waals surface area contributed by atoms with E-state index < -0.39 is 54.7 Å². The van der Waals surface area contributed by atoms with Gasteiger partial charge >= 0.3 is 17.9 Å². The van der Waals surface area contributed by atoms with Crippen molar-refractivity contribution < 1.29 is 43.0 Å². The van der Waals surface area contributed by atoms with Gasteiger partial charge in [0, 0.05) is 12.6 Å². The van der Waals surface area contributed by atoms with Crippen molar-refractivity contribution in [3.8, 4) is 0 Å². The Morgan fingerprint density at radius 2 is 1.90 bits per heavy atom. The normalized spacial score (nSPS) is 13.6. The van der Waals surface area contributed by atoms with E-state index in [2.05, 4.69) is 5.32 Å². The third kappa shape index (κ3) is 7.85. The lowest BCUT2D eigenvalue weighted by atomic mass is 10.2. The molecule has 0 aliphatic carbocycles. The lowest BCUT2D eigenvalue weighted by Gasteiger charge is -2.15. The molecular formula is C18H21N2O10P. The van der Waals surface area contributed by atoms with Crippen molar-refractivity contribution in [1.29, 1.82) is 0 Å². The van der Waals surface area contributed by atoms with E-state index in [1.807, 2.05) is 6.07 Å². The van der Waals surface area contributed by atoms with Gasteiger partial charge in [0.2, 0.25) is 7.37 Å². The Hall–Kier alpha value is -3.21. The van der Waals surface area contributed by atoms with E-state index in [1.54, 1.807) is 24.3 Å². The Morgan fingerprint density at radius 3 is 2.55 bits per heavy atom. The number of aliphatic hydroxyl groups excluding tert-OH is 1. The molecule has 1 amide bonds. The quantitative estimate of drug-likeness (QED) is 0.150. The van der Waals surface area contributed by atoms with Gasteiger partial charge in [-0.2, -0.15) is 0 Å². The van der Waals surface area contributed by atoms with Gasteiger partial charge in [-0.1, -0.05) is 30.3 Å². The van der Waals surface area contributed by atoms with Crippen molar-refractivity contribution in [2.24, 2.45) is 0 Å². The minimum absolute atomic E-state index is 0.0492. The average Bonchev–Trinajstić information content (AvgIpc) is 3.23. The number of aliphatic hydroxyl groups is 1. The van der Waals surface area contributed by atoms with Gasteiger partial charge in [0.15, 0.2) is 12.6 Å². The minimum atomic E-state index is -4.22. The first-order valence-electron chi connectivity index (χ1n) is 9.03. The number of carbonyl (C=O) groups is 2. The first-order chi connectivity index (χ1) is 14.7. The zero-order chi connectivity index (χ0) is 22.9. The van der Waals surface area contributed by atoms with Gasteiger partial charge in [-0.15, -0.1) is 0 Å². The Labute approximate surface area is 176 Å². The summed E-state index contributed by atoms with van der Waals surface area (Å²) in [6.07, 6.45) is -1.60. The van der Waals surface area contributed by atoms with Crippen molar-refractivity contribution in [3.63, 3.8) is 0 Å². The third-order valence-corrected chi connectivity index (χ3v) is 5.93. The van der Waals surface area contributed by atoms with Gasteiger partial charge in [-0.25, -0.2) is 4.79 Å². The van der Waals surface area contributed by atoms with Gasteiger partial charge in [0.05, 0.1) is 6.07 Å². The number of carbonyl (C=O) groups excluding carboxylic acids is 2. The molecule has 0 bridgehead atoms. The highest BCUT2D eigenvalue weighted by Crippen LogP contribution is 2.55. The average molecular weight is 456 g/mol. The molecular weight excluding hydrogens is 435 g/mol. The number of amides is 1. The number of rotatable bonds is 11. The molecule has 1 aromatic carbocycles. The number of alkyl carbamates (subject to hydrolysis) is 1. The van der Waals surface area contributed by atoms with E-state index in [0.29, 0.717) is 0 Å². The van der Waals surface area contributed by atoms with Gasteiger partial charge in [0.25, 0.3) is 0 Å². The standard InChI is InChI=1S/C18H21N2O10P/c21-16(29-12-19-18(23)28-11-13-5-2-1-3-6-13)7-4-10-31(26,27)17(22)14-8-9-15(30-14)20(24)25/h1-3,5-6,8-9,17,22H,4,7,10-12H2,(H,19,23)(H,26,27)/t17-/m0/s1. The van der Waals surface area contributed by atoms with Crippen LogP contribution in [0.15, 0.2) is 46.9 Å². The molecule has 1 unspecified atom stereocenters. The highest BCUT2D eigenvalue weighted by molar-refractivity contribution is 7.58. The van der Waals surface area contributed by atoms with Crippen molar-refractivity contribution in [3.05, 3.63) is 63.9 Å². The maximum Gasteiger partial charge on any atom is 0.433 e. The van der Waals surface area contributed by atoms with Crippen LogP contribution in [0, 0.1) is 10.1 Å². The molecule has 0 saturated carbocycles. The van der Waals surface area contributed by atoms with Crippen LogP contribution >= 0.6 is 7.37 Å². The number of nitrogens with one attached hydrogen (secondary N) is 1. The summed E-state index contributed by atoms with van der Waals surface area (Å²) in [5, 5.41) is 22.7. The fraction of sp³-hybridized carbons (Fsp3) is 0.333. The van der Waals surface area contributed by atoms with Crippen molar-refractivity contribution in [2.75, 3.05) is 12.9 Å². The highest BCUT2D eigenvalue weighted by Gasteiger charge is 2.34. The van der Waals surface area contributed by atoms with Crippen LogP contribution in [0.5, 0.6) is 0 Å². The van der Waals surface area contributed by atoms with E-state index in [1.165, 1.54) is 0 Å². The number of furan rings is 1. The predicted molar refractivity (Wildman–Crippen MR) is 105 cm³/mol. The summed E-state index contributed by atoms with van der Waals surface area (Å²) in [4.78, 5) is 42.9. The molecule has 0 aliphatic heterocycles. The molecule has 2 rings (SSSR count). The summed E-state index contributed by atoms with van der Waals surface area (Å²) in [6, 6.07) is 10.9. The maximum absolute atomic E-state index is 12.2. The summed E-state index contributed by atoms with van der Waals surface area (Å²) in [7, 11) is -4.22. The summed E-state index contributed by atoms with van der Waals surface area (Å²) in [6.45, 7) is -0.393. The largest absolute Gasteiger partial charge is 0.445 e. The van der Waals surface area contributed by atoms with Crippen LogP contribution in [0.25, 0.3) is 0 Å².